The van der Waals surface area contributed by atoms with Crippen molar-refractivity contribution >= 4 is 18.3 Å². The zero-order valence-corrected chi connectivity index (χ0v) is 13.0. The van der Waals surface area contributed by atoms with E-state index in [4.69, 9.17) is 17.0 Å². The lowest BCUT2D eigenvalue weighted by Gasteiger charge is -2.24. The molecule has 1 atom stereocenters. The Bertz CT molecular complexity index is 699. The number of nitrogens with zero attached hydrogens (tertiary/aromatic N) is 1. The van der Waals surface area contributed by atoms with Crippen molar-refractivity contribution < 1.29 is 9.53 Å². The number of amides is 1. The summed E-state index contributed by atoms with van der Waals surface area (Å²) in [6.07, 6.45) is 3.42. The van der Waals surface area contributed by atoms with Gasteiger partial charge in [0.2, 0.25) is 0 Å². The van der Waals surface area contributed by atoms with Gasteiger partial charge in [0.25, 0.3) is 0 Å². The van der Waals surface area contributed by atoms with E-state index in [0.717, 1.165) is 24.0 Å². The van der Waals surface area contributed by atoms with Crippen LogP contribution < -0.4 is 0 Å². The highest BCUT2D eigenvalue weighted by molar-refractivity contribution is 7.71. The maximum atomic E-state index is 12.4. The molecule has 1 N–H and O–H groups in total. The van der Waals surface area contributed by atoms with E-state index in [0.29, 0.717) is 17.8 Å². The van der Waals surface area contributed by atoms with E-state index in [1.807, 2.05) is 42.5 Å². The molecule has 22 heavy (non-hydrogen) atoms. The first-order chi connectivity index (χ1) is 10.8. The van der Waals surface area contributed by atoms with Gasteiger partial charge in [-0.25, -0.2) is 4.79 Å². The molecule has 0 aliphatic carbocycles. The molecule has 1 aliphatic rings. The minimum Gasteiger partial charge on any atom is -0.445 e. The second-order valence-electron chi connectivity index (χ2n) is 5.35. The van der Waals surface area contributed by atoms with Crippen molar-refractivity contribution in [3.8, 4) is 0 Å². The fourth-order valence-electron chi connectivity index (χ4n) is 2.81. The number of ether oxygens (including phenoxy) is 1. The first-order valence-electron chi connectivity index (χ1n) is 7.40. The average Bonchev–Trinajstić information content (AvgIpc) is 3.03. The first kappa shape index (κ1) is 14.8. The number of carbonyl (C=O) groups excluding carboxylic acids is 1. The fourth-order valence-corrected chi connectivity index (χ4v) is 3.08. The van der Waals surface area contributed by atoms with Crippen LogP contribution in [-0.2, 0) is 11.3 Å². The van der Waals surface area contributed by atoms with E-state index in [2.05, 4.69) is 4.98 Å². The first-order valence-corrected chi connectivity index (χ1v) is 7.81. The highest BCUT2D eigenvalue weighted by Crippen LogP contribution is 2.32. The number of pyridine rings is 1. The normalized spacial score (nSPS) is 17.5. The minimum atomic E-state index is -0.274. The summed E-state index contributed by atoms with van der Waals surface area (Å²) in [5.41, 5.74) is 1.98. The molecular formula is C17H18N2O2S. The Kier molecular flexibility index (Phi) is 4.53. The maximum Gasteiger partial charge on any atom is 0.410 e. The van der Waals surface area contributed by atoms with Gasteiger partial charge in [0.05, 0.1) is 6.04 Å². The molecular weight excluding hydrogens is 296 g/mol. The van der Waals surface area contributed by atoms with Crippen molar-refractivity contribution in [1.82, 2.24) is 9.88 Å². The molecule has 5 heteroatoms. The summed E-state index contributed by atoms with van der Waals surface area (Å²) in [6.45, 7) is 1.01. The van der Waals surface area contributed by atoms with Gasteiger partial charge in [0.15, 0.2) is 0 Å². The van der Waals surface area contributed by atoms with Crippen LogP contribution in [0, 0.1) is 4.64 Å². The van der Waals surface area contributed by atoms with E-state index in [-0.39, 0.29) is 12.1 Å². The Morgan fingerprint density at radius 2 is 2.09 bits per heavy atom. The monoisotopic (exact) mass is 314 g/mol. The molecule has 2 aromatic rings. The largest absolute Gasteiger partial charge is 0.445 e. The van der Waals surface area contributed by atoms with Crippen molar-refractivity contribution in [2.45, 2.75) is 25.5 Å². The number of rotatable bonds is 3. The molecule has 1 aliphatic heterocycles. The van der Waals surface area contributed by atoms with E-state index in [1.54, 1.807) is 11.1 Å². The number of hydrogen-bond donors (Lipinski definition) is 1. The number of H-pyrrole nitrogens is 1. The summed E-state index contributed by atoms with van der Waals surface area (Å²) in [7, 11) is 0. The Hall–Kier alpha value is -2.14. The predicted molar refractivity (Wildman–Crippen MR) is 86.9 cm³/mol. The molecule has 114 valence electrons. The average molecular weight is 314 g/mol. The lowest BCUT2D eigenvalue weighted by Crippen LogP contribution is -2.31. The Morgan fingerprint density at radius 3 is 2.86 bits per heavy atom. The van der Waals surface area contributed by atoms with Gasteiger partial charge in [-0.2, -0.15) is 0 Å². The lowest BCUT2D eigenvalue weighted by molar-refractivity contribution is 0.0920. The number of benzene rings is 1. The standard InChI is InChI=1S/C17H18N2O2S/c20-17(21-12-13-6-2-1-3-7-13)19-11-5-9-15(19)14-8-4-10-18-16(14)22/h1-4,6-8,10,15H,5,9,11-12H2,(H,18,22). The quantitative estimate of drug-likeness (QED) is 0.863. The number of hydrogen-bond acceptors (Lipinski definition) is 3. The molecule has 1 amide bonds. The van der Waals surface area contributed by atoms with Crippen LogP contribution in [0.4, 0.5) is 4.79 Å². The maximum absolute atomic E-state index is 12.4. The molecule has 0 spiro atoms. The van der Waals surface area contributed by atoms with Crippen LogP contribution >= 0.6 is 12.2 Å². The number of aromatic amines is 1. The topological polar surface area (TPSA) is 45.3 Å². The summed E-state index contributed by atoms with van der Waals surface area (Å²) in [6, 6.07) is 13.6. The summed E-state index contributed by atoms with van der Waals surface area (Å²) in [5, 5.41) is 0. The van der Waals surface area contributed by atoms with Crippen molar-refractivity contribution in [3.63, 3.8) is 0 Å². The molecule has 4 nitrogen and oxygen atoms in total. The molecule has 1 fully saturated rings. The molecule has 3 rings (SSSR count). The lowest BCUT2D eigenvalue weighted by atomic mass is 10.1. The van der Waals surface area contributed by atoms with Gasteiger partial charge in [0, 0.05) is 18.3 Å². The van der Waals surface area contributed by atoms with Gasteiger partial charge in [-0.05, 0) is 24.5 Å². The van der Waals surface area contributed by atoms with Gasteiger partial charge in [0.1, 0.15) is 11.2 Å². The van der Waals surface area contributed by atoms with Crippen molar-refractivity contribution in [3.05, 3.63) is 64.4 Å². The fraction of sp³-hybridized carbons (Fsp3) is 0.294. The minimum absolute atomic E-state index is 0.00761. The Labute approximate surface area is 134 Å². The third-order valence-corrected chi connectivity index (χ3v) is 4.25. The van der Waals surface area contributed by atoms with Crippen LogP contribution in [-0.4, -0.2) is 22.5 Å². The van der Waals surface area contributed by atoms with Crippen LogP contribution in [0.3, 0.4) is 0 Å². The zero-order chi connectivity index (χ0) is 15.4. The molecule has 1 saturated heterocycles. The number of likely N-dealkylation sites (tertiary alicyclic amines) is 1. The summed E-state index contributed by atoms with van der Waals surface area (Å²) >= 11 is 5.33. The van der Waals surface area contributed by atoms with E-state index >= 15 is 0 Å². The predicted octanol–water partition coefficient (Wildman–Crippen LogP) is 4.22. The molecule has 0 bridgehead atoms. The smallest absolute Gasteiger partial charge is 0.410 e. The molecule has 1 aromatic carbocycles. The second-order valence-corrected chi connectivity index (χ2v) is 5.75. The highest BCUT2D eigenvalue weighted by Gasteiger charge is 2.31. The van der Waals surface area contributed by atoms with Crippen LogP contribution in [0.2, 0.25) is 0 Å². The van der Waals surface area contributed by atoms with Crippen LogP contribution in [0.5, 0.6) is 0 Å². The van der Waals surface area contributed by atoms with Crippen LogP contribution in [0.1, 0.15) is 30.0 Å². The van der Waals surface area contributed by atoms with Gasteiger partial charge in [-0.3, -0.25) is 0 Å². The Balaban J connectivity index is 1.69. The van der Waals surface area contributed by atoms with E-state index in [1.165, 1.54) is 0 Å². The molecule has 2 heterocycles. The van der Waals surface area contributed by atoms with Gasteiger partial charge < -0.3 is 14.6 Å². The number of aromatic nitrogens is 1. The van der Waals surface area contributed by atoms with Crippen molar-refractivity contribution in [1.29, 1.82) is 0 Å². The van der Waals surface area contributed by atoms with E-state index in [9.17, 15) is 4.79 Å². The van der Waals surface area contributed by atoms with Gasteiger partial charge in [-0.15, -0.1) is 0 Å². The van der Waals surface area contributed by atoms with Crippen LogP contribution in [0.15, 0.2) is 48.7 Å². The SMILES string of the molecule is O=C(OCc1ccccc1)N1CCCC1c1ccc[nH]c1=S. The van der Waals surface area contributed by atoms with Gasteiger partial charge >= 0.3 is 6.09 Å². The molecule has 1 unspecified atom stereocenters. The molecule has 0 radical (unpaired) electrons. The number of nitrogens with one attached hydrogen (secondary N) is 1. The third kappa shape index (κ3) is 3.20. The van der Waals surface area contributed by atoms with Gasteiger partial charge in [-0.1, -0.05) is 48.6 Å². The molecule has 0 saturated carbocycles. The summed E-state index contributed by atoms with van der Waals surface area (Å²) in [5.74, 6) is 0. The van der Waals surface area contributed by atoms with Crippen LogP contribution in [0.25, 0.3) is 0 Å². The Morgan fingerprint density at radius 1 is 1.27 bits per heavy atom. The summed E-state index contributed by atoms with van der Waals surface area (Å²) < 4.78 is 6.14. The highest BCUT2D eigenvalue weighted by atomic mass is 32.1. The molecule has 1 aromatic heterocycles. The van der Waals surface area contributed by atoms with E-state index < -0.39 is 0 Å². The second kappa shape index (κ2) is 6.75. The third-order valence-electron chi connectivity index (χ3n) is 3.90. The summed E-state index contributed by atoms with van der Waals surface area (Å²) in [4.78, 5) is 17.2. The van der Waals surface area contributed by atoms with Crippen molar-refractivity contribution in [2.75, 3.05) is 6.54 Å². The number of carbonyl (C=O) groups is 1. The zero-order valence-electron chi connectivity index (χ0n) is 12.2. The van der Waals surface area contributed by atoms with Crippen molar-refractivity contribution in [2.24, 2.45) is 0 Å².